The third-order valence-corrected chi connectivity index (χ3v) is 4.02. The van der Waals surface area contributed by atoms with Gasteiger partial charge in [0.25, 0.3) is 0 Å². The summed E-state index contributed by atoms with van der Waals surface area (Å²) in [5.41, 5.74) is 0.790. The molecule has 1 aromatic heterocycles. The van der Waals surface area contributed by atoms with Crippen LogP contribution in [0.4, 0.5) is 5.82 Å². The number of aromatic nitrogens is 1. The maximum Gasteiger partial charge on any atom is 0.328 e. The molecule has 0 radical (unpaired) electrons. The molecule has 0 bridgehead atoms. The normalized spacial score (nSPS) is 21.9. The zero-order valence-corrected chi connectivity index (χ0v) is 11.6. The van der Waals surface area contributed by atoms with Gasteiger partial charge in [-0.3, -0.25) is 4.79 Å². The van der Waals surface area contributed by atoms with Crippen LogP contribution in [-0.2, 0) is 9.59 Å². The second-order valence-corrected chi connectivity index (χ2v) is 5.31. The van der Waals surface area contributed by atoms with Crippen molar-refractivity contribution in [2.24, 2.45) is 0 Å². The minimum atomic E-state index is -0.976. The molecule has 3 heterocycles. The molecule has 110 valence electrons. The van der Waals surface area contributed by atoms with Crippen LogP contribution in [0, 0.1) is 0 Å². The van der Waals surface area contributed by atoms with Gasteiger partial charge in [-0.2, -0.15) is 0 Å². The molecule has 1 aromatic rings. The third kappa shape index (κ3) is 2.74. The van der Waals surface area contributed by atoms with Gasteiger partial charge < -0.3 is 14.9 Å². The lowest BCUT2D eigenvalue weighted by molar-refractivity contribution is -0.131. The third-order valence-electron chi connectivity index (χ3n) is 4.02. The number of carbonyl (C=O) groups is 2. The Morgan fingerprint density at radius 3 is 3.10 bits per heavy atom. The zero-order chi connectivity index (χ0) is 14.8. The Bertz CT molecular complexity index is 600. The molecule has 6 nitrogen and oxygen atoms in total. The van der Waals surface area contributed by atoms with E-state index in [0.29, 0.717) is 13.0 Å². The number of anilines is 1. The van der Waals surface area contributed by atoms with E-state index in [2.05, 4.69) is 9.88 Å². The lowest BCUT2D eigenvalue weighted by atomic mass is 10.1. The van der Waals surface area contributed by atoms with E-state index in [1.54, 1.807) is 18.3 Å². The van der Waals surface area contributed by atoms with Gasteiger partial charge in [-0.1, -0.05) is 0 Å². The van der Waals surface area contributed by atoms with Crippen LogP contribution in [0.15, 0.2) is 24.4 Å². The van der Waals surface area contributed by atoms with E-state index in [1.165, 1.54) is 0 Å². The van der Waals surface area contributed by atoms with Gasteiger partial charge in [-0.05, 0) is 24.6 Å². The number of pyridine rings is 1. The van der Waals surface area contributed by atoms with Crippen molar-refractivity contribution in [3.8, 4) is 0 Å². The smallest absolute Gasteiger partial charge is 0.328 e. The van der Waals surface area contributed by atoms with Crippen molar-refractivity contribution in [3.63, 3.8) is 0 Å². The Morgan fingerprint density at radius 2 is 2.29 bits per heavy atom. The van der Waals surface area contributed by atoms with Gasteiger partial charge in [0.1, 0.15) is 5.82 Å². The first-order valence-electron chi connectivity index (χ1n) is 7.05. The minimum Gasteiger partial charge on any atom is -0.478 e. The summed E-state index contributed by atoms with van der Waals surface area (Å²) in [7, 11) is 0. The largest absolute Gasteiger partial charge is 0.478 e. The van der Waals surface area contributed by atoms with Gasteiger partial charge in [0.15, 0.2) is 0 Å². The van der Waals surface area contributed by atoms with Crippen molar-refractivity contribution in [1.82, 2.24) is 9.88 Å². The molecule has 6 heteroatoms. The molecule has 2 fully saturated rings. The number of hydrogen-bond acceptors (Lipinski definition) is 4. The fourth-order valence-electron chi connectivity index (χ4n) is 3.02. The average molecular weight is 287 g/mol. The maximum absolute atomic E-state index is 11.7. The van der Waals surface area contributed by atoms with Gasteiger partial charge >= 0.3 is 5.97 Å². The highest BCUT2D eigenvalue weighted by Gasteiger charge is 2.36. The summed E-state index contributed by atoms with van der Waals surface area (Å²) < 4.78 is 0. The molecule has 2 saturated heterocycles. The summed E-state index contributed by atoms with van der Waals surface area (Å²) in [5.74, 6) is 0.0525. The Balaban J connectivity index is 1.81. The van der Waals surface area contributed by atoms with E-state index in [1.807, 2.05) is 11.0 Å². The molecule has 1 amide bonds. The molecule has 2 aliphatic heterocycles. The lowest BCUT2D eigenvalue weighted by Crippen LogP contribution is -2.51. The predicted molar refractivity (Wildman–Crippen MR) is 77.9 cm³/mol. The van der Waals surface area contributed by atoms with E-state index < -0.39 is 5.97 Å². The van der Waals surface area contributed by atoms with Crippen LogP contribution in [0.25, 0.3) is 6.08 Å². The van der Waals surface area contributed by atoms with Crippen molar-refractivity contribution >= 4 is 23.8 Å². The van der Waals surface area contributed by atoms with Gasteiger partial charge in [0.2, 0.25) is 5.91 Å². The molecule has 1 atom stereocenters. The summed E-state index contributed by atoms with van der Waals surface area (Å²) >= 11 is 0. The summed E-state index contributed by atoms with van der Waals surface area (Å²) in [5, 5.41) is 8.76. The number of amides is 1. The molecule has 0 spiro atoms. The zero-order valence-electron chi connectivity index (χ0n) is 11.6. The fourth-order valence-corrected chi connectivity index (χ4v) is 3.02. The molecule has 1 unspecified atom stereocenters. The number of piperazine rings is 1. The maximum atomic E-state index is 11.7. The lowest BCUT2D eigenvalue weighted by Gasteiger charge is -2.38. The summed E-state index contributed by atoms with van der Waals surface area (Å²) in [6.45, 7) is 2.20. The van der Waals surface area contributed by atoms with Gasteiger partial charge in [0.05, 0.1) is 0 Å². The first-order valence-corrected chi connectivity index (χ1v) is 7.05. The second kappa shape index (κ2) is 5.55. The van der Waals surface area contributed by atoms with Gasteiger partial charge in [0, 0.05) is 49.9 Å². The Hall–Kier alpha value is -2.37. The van der Waals surface area contributed by atoms with Crippen LogP contribution in [-0.4, -0.2) is 52.5 Å². The molecule has 1 N–H and O–H groups in total. The van der Waals surface area contributed by atoms with Crippen LogP contribution in [0.2, 0.25) is 0 Å². The molecule has 3 rings (SSSR count). The Labute approximate surface area is 122 Å². The monoisotopic (exact) mass is 287 g/mol. The van der Waals surface area contributed by atoms with Crippen molar-refractivity contribution in [2.45, 2.75) is 18.9 Å². The number of rotatable bonds is 3. The number of carbonyl (C=O) groups excluding carboxylic acids is 1. The number of aliphatic carboxylic acids is 1. The van der Waals surface area contributed by atoms with E-state index in [-0.39, 0.29) is 11.9 Å². The number of nitrogens with zero attached hydrogens (tertiary/aromatic N) is 3. The van der Waals surface area contributed by atoms with E-state index in [9.17, 15) is 9.59 Å². The fraction of sp³-hybridized carbons (Fsp3) is 0.400. The first kappa shape index (κ1) is 13.6. The summed E-state index contributed by atoms with van der Waals surface area (Å²) in [6, 6.07) is 3.90. The minimum absolute atomic E-state index is 0.242. The molecule has 2 aliphatic rings. The van der Waals surface area contributed by atoms with Crippen molar-refractivity contribution in [2.75, 3.05) is 24.5 Å². The van der Waals surface area contributed by atoms with Crippen LogP contribution >= 0.6 is 0 Å². The highest BCUT2D eigenvalue weighted by atomic mass is 16.4. The molecule has 0 aromatic carbocycles. The SMILES string of the molecule is O=C(O)/C=C/c1cccnc1N1CCN2C(=O)CCC2C1. The van der Waals surface area contributed by atoms with E-state index >= 15 is 0 Å². The van der Waals surface area contributed by atoms with Crippen LogP contribution in [0.3, 0.4) is 0 Å². The first-order chi connectivity index (χ1) is 10.1. The van der Waals surface area contributed by atoms with Crippen molar-refractivity contribution < 1.29 is 14.7 Å². The van der Waals surface area contributed by atoms with Crippen LogP contribution in [0.1, 0.15) is 18.4 Å². The standard InChI is InChI=1S/C15H17N3O3/c19-13-5-4-12-10-17(8-9-18(12)13)15-11(2-1-7-16-15)3-6-14(20)21/h1-3,6-7,12H,4-5,8-10H2,(H,20,21)/b6-3+. The van der Waals surface area contributed by atoms with E-state index in [4.69, 9.17) is 5.11 Å². The van der Waals surface area contributed by atoms with Gasteiger partial charge in [-0.15, -0.1) is 0 Å². The van der Waals surface area contributed by atoms with Crippen molar-refractivity contribution in [1.29, 1.82) is 0 Å². The summed E-state index contributed by atoms with van der Waals surface area (Å²) in [6.07, 6.45) is 5.92. The number of carboxylic acids is 1. The Morgan fingerprint density at radius 1 is 1.43 bits per heavy atom. The molecule has 21 heavy (non-hydrogen) atoms. The molecule has 0 aliphatic carbocycles. The van der Waals surface area contributed by atoms with E-state index in [0.717, 1.165) is 37.0 Å². The Kier molecular flexibility index (Phi) is 3.60. The number of carboxylic acid groups (broad SMARTS) is 1. The second-order valence-electron chi connectivity index (χ2n) is 5.31. The summed E-state index contributed by atoms with van der Waals surface area (Å²) in [4.78, 5) is 30.9. The predicted octanol–water partition coefficient (Wildman–Crippen LogP) is 0.990. The number of hydrogen-bond donors (Lipinski definition) is 1. The molecular formula is C15H17N3O3. The van der Waals surface area contributed by atoms with Gasteiger partial charge in [-0.25, -0.2) is 9.78 Å². The molecular weight excluding hydrogens is 270 g/mol. The number of fused-ring (bicyclic) bond motifs is 1. The highest BCUT2D eigenvalue weighted by molar-refractivity contribution is 5.86. The quantitative estimate of drug-likeness (QED) is 0.839. The molecule has 0 saturated carbocycles. The average Bonchev–Trinajstić information content (AvgIpc) is 2.86. The van der Waals surface area contributed by atoms with Crippen LogP contribution < -0.4 is 4.90 Å². The van der Waals surface area contributed by atoms with Crippen LogP contribution in [0.5, 0.6) is 0 Å². The highest BCUT2D eigenvalue weighted by Crippen LogP contribution is 2.27. The van der Waals surface area contributed by atoms with Crippen molar-refractivity contribution in [3.05, 3.63) is 30.0 Å². The topological polar surface area (TPSA) is 73.7 Å².